The minimum absolute atomic E-state index is 0.0282. The smallest absolute Gasteiger partial charge is 0.408 e. The van der Waals surface area contributed by atoms with Crippen molar-refractivity contribution in [3.63, 3.8) is 0 Å². The van der Waals surface area contributed by atoms with Crippen molar-refractivity contribution in [2.45, 2.75) is 38.4 Å². The number of benzene rings is 1. The second-order valence-corrected chi connectivity index (χ2v) is 5.19. The van der Waals surface area contributed by atoms with Gasteiger partial charge in [-0.2, -0.15) is 13.2 Å². The first-order valence-electron chi connectivity index (χ1n) is 6.94. The molecule has 0 aliphatic carbocycles. The minimum atomic E-state index is -4.38. The van der Waals surface area contributed by atoms with Crippen LogP contribution in [0.2, 0.25) is 0 Å². The van der Waals surface area contributed by atoms with Crippen LogP contribution in [0.1, 0.15) is 24.8 Å². The van der Waals surface area contributed by atoms with Gasteiger partial charge in [-0.3, -0.25) is 4.79 Å². The maximum atomic E-state index is 12.9. The van der Waals surface area contributed by atoms with Gasteiger partial charge in [-0.15, -0.1) is 0 Å². The molecule has 1 heterocycles. The van der Waals surface area contributed by atoms with Crippen molar-refractivity contribution in [3.05, 3.63) is 29.8 Å². The molecular formula is C15H18F3NO2. The van der Waals surface area contributed by atoms with Crippen LogP contribution < -0.4 is 4.74 Å². The number of piperidine rings is 1. The number of amides is 1. The Morgan fingerprint density at radius 2 is 2.05 bits per heavy atom. The molecule has 0 spiro atoms. The second kappa shape index (κ2) is 6.37. The molecule has 1 aromatic rings. The predicted octanol–water partition coefficient (Wildman–Crippen LogP) is 3.32. The normalized spacial score (nSPS) is 19.4. The molecule has 1 saturated heterocycles. The van der Waals surface area contributed by atoms with E-state index in [1.165, 1.54) is 0 Å². The topological polar surface area (TPSA) is 29.5 Å². The van der Waals surface area contributed by atoms with Crippen molar-refractivity contribution in [1.29, 1.82) is 0 Å². The maximum absolute atomic E-state index is 12.9. The number of carbonyl (C=O) groups is 1. The summed E-state index contributed by atoms with van der Waals surface area (Å²) in [5.74, 6) is -0.0910. The van der Waals surface area contributed by atoms with E-state index >= 15 is 0 Å². The van der Waals surface area contributed by atoms with E-state index in [0.717, 1.165) is 10.5 Å². The molecule has 116 valence electrons. The van der Waals surface area contributed by atoms with Crippen LogP contribution in [0.5, 0.6) is 5.75 Å². The summed E-state index contributed by atoms with van der Waals surface area (Å²) in [5, 5.41) is 0. The van der Waals surface area contributed by atoms with Gasteiger partial charge in [-0.05, 0) is 37.8 Å². The lowest BCUT2D eigenvalue weighted by atomic mass is 10.0. The highest BCUT2D eigenvalue weighted by atomic mass is 19.4. The van der Waals surface area contributed by atoms with E-state index in [-0.39, 0.29) is 19.6 Å². The standard InChI is InChI=1S/C15H18F3NO2/c1-11-6-2-3-7-12(11)21-10-14(20)19-9-5-4-8-13(19)15(16,17)18/h2-3,6-7,13H,4-5,8-10H2,1H3. The zero-order valence-corrected chi connectivity index (χ0v) is 11.8. The second-order valence-electron chi connectivity index (χ2n) is 5.19. The van der Waals surface area contributed by atoms with Crippen LogP contribution in [0.25, 0.3) is 0 Å². The Kier molecular flexibility index (Phi) is 4.75. The summed E-state index contributed by atoms with van der Waals surface area (Å²) in [6, 6.07) is 5.42. The number of para-hydroxylation sites is 1. The van der Waals surface area contributed by atoms with E-state index in [4.69, 9.17) is 4.74 Å². The number of aryl methyl sites for hydroxylation is 1. The van der Waals surface area contributed by atoms with Gasteiger partial charge in [0.1, 0.15) is 11.8 Å². The molecular weight excluding hydrogens is 283 g/mol. The molecule has 1 aromatic carbocycles. The number of ether oxygens (including phenoxy) is 1. The Labute approximate surface area is 121 Å². The van der Waals surface area contributed by atoms with E-state index < -0.39 is 18.1 Å². The summed E-state index contributed by atoms with van der Waals surface area (Å²) in [6.45, 7) is 1.59. The maximum Gasteiger partial charge on any atom is 0.408 e. The summed E-state index contributed by atoms with van der Waals surface area (Å²) in [4.78, 5) is 12.9. The zero-order valence-electron chi connectivity index (χ0n) is 11.8. The quantitative estimate of drug-likeness (QED) is 0.857. The Morgan fingerprint density at radius 1 is 1.33 bits per heavy atom. The van der Waals surface area contributed by atoms with Crippen LogP contribution in [0.4, 0.5) is 13.2 Å². The Bertz CT molecular complexity index is 502. The van der Waals surface area contributed by atoms with Gasteiger partial charge in [0.25, 0.3) is 5.91 Å². The highest BCUT2D eigenvalue weighted by Crippen LogP contribution is 2.32. The third-order valence-corrected chi connectivity index (χ3v) is 3.65. The van der Waals surface area contributed by atoms with Gasteiger partial charge >= 0.3 is 6.18 Å². The zero-order chi connectivity index (χ0) is 15.5. The van der Waals surface area contributed by atoms with E-state index in [1.807, 2.05) is 19.1 Å². The molecule has 21 heavy (non-hydrogen) atoms. The fraction of sp³-hybridized carbons (Fsp3) is 0.533. The number of hydrogen-bond donors (Lipinski definition) is 0. The SMILES string of the molecule is Cc1ccccc1OCC(=O)N1CCCCC1C(F)(F)F. The number of carbonyl (C=O) groups excluding carboxylic acids is 1. The number of alkyl halides is 3. The highest BCUT2D eigenvalue weighted by molar-refractivity contribution is 5.78. The lowest BCUT2D eigenvalue weighted by molar-refractivity contribution is -0.196. The number of rotatable bonds is 3. The number of halogens is 3. The molecule has 1 amide bonds. The first-order valence-corrected chi connectivity index (χ1v) is 6.94. The molecule has 3 nitrogen and oxygen atoms in total. The Hall–Kier alpha value is -1.72. The molecule has 0 bridgehead atoms. The van der Waals surface area contributed by atoms with Crippen LogP contribution in [0.3, 0.4) is 0 Å². The first-order chi connectivity index (χ1) is 9.89. The number of nitrogens with zero attached hydrogens (tertiary/aromatic N) is 1. The van der Waals surface area contributed by atoms with E-state index in [1.54, 1.807) is 12.1 Å². The molecule has 0 aromatic heterocycles. The van der Waals surface area contributed by atoms with Crippen LogP contribution in [0, 0.1) is 6.92 Å². The molecule has 0 saturated carbocycles. The molecule has 1 fully saturated rings. The van der Waals surface area contributed by atoms with Gasteiger partial charge in [0, 0.05) is 6.54 Å². The minimum Gasteiger partial charge on any atom is -0.484 e. The van der Waals surface area contributed by atoms with E-state index in [2.05, 4.69) is 0 Å². The summed E-state index contributed by atoms with van der Waals surface area (Å²) < 4.78 is 44.2. The van der Waals surface area contributed by atoms with Gasteiger partial charge < -0.3 is 9.64 Å². The molecule has 1 aliphatic heterocycles. The molecule has 0 N–H and O–H groups in total. The van der Waals surface area contributed by atoms with Crippen molar-refractivity contribution in [3.8, 4) is 5.75 Å². The van der Waals surface area contributed by atoms with Gasteiger partial charge in [0.15, 0.2) is 6.61 Å². The average Bonchev–Trinajstić information content (AvgIpc) is 2.45. The van der Waals surface area contributed by atoms with Crippen molar-refractivity contribution >= 4 is 5.91 Å². The van der Waals surface area contributed by atoms with Crippen LogP contribution in [-0.4, -0.2) is 36.2 Å². The summed E-state index contributed by atoms with van der Waals surface area (Å²) >= 11 is 0. The van der Waals surface area contributed by atoms with Gasteiger partial charge in [-0.25, -0.2) is 0 Å². The summed E-state index contributed by atoms with van der Waals surface area (Å²) in [6.07, 6.45) is -3.31. The molecule has 1 aliphatic rings. The van der Waals surface area contributed by atoms with E-state index in [9.17, 15) is 18.0 Å². The Morgan fingerprint density at radius 3 is 2.71 bits per heavy atom. The lowest BCUT2D eigenvalue weighted by Gasteiger charge is -2.36. The third kappa shape index (κ3) is 3.89. The molecule has 6 heteroatoms. The van der Waals surface area contributed by atoms with Crippen LogP contribution in [0.15, 0.2) is 24.3 Å². The number of hydrogen-bond acceptors (Lipinski definition) is 2. The fourth-order valence-corrected chi connectivity index (χ4v) is 2.51. The molecule has 2 rings (SSSR count). The van der Waals surface area contributed by atoms with Crippen LogP contribution >= 0.6 is 0 Å². The number of likely N-dealkylation sites (tertiary alicyclic amines) is 1. The molecule has 0 radical (unpaired) electrons. The monoisotopic (exact) mass is 301 g/mol. The van der Waals surface area contributed by atoms with Gasteiger partial charge in [0.2, 0.25) is 0 Å². The van der Waals surface area contributed by atoms with Crippen LogP contribution in [-0.2, 0) is 4.79 Å². The predicted molar refractivity (Wildman–Crippen MR) is 72.1 cm³/mol. The molecule has 1 atom stereocenters. The van der Waals surface area contributed by atoms with Crippen molar-refractivity contribution < 1.29 is 22.7 Å². The van der Waals surface area contributed by atoms with E-state index in [0.29, 0.717) is 18.6 Å². The van der Waals surface area contributed by atoms with Crippen molar-refractivity contribution in [2.24, 2.45) is 0 Å². The largest absolute Gasteiger partial charge is 0.484 e. The first kappa shape index (κ1) is 15.7. The average molecular weight is 301 g/mol. The molecule has 1 unspecified atom stereocenters. The third-order valence-electron chi connectivity index (χ3n) is 3.65. The lowest BCUT2D eigenvalue weighted by Crippen LogP contribution is -2.52. The van der Waals surface area contributed by atoms with Crippen molar-refractivity contribution in [1.82, 2.24) is 4.90 Å². The van der Waals surface area contributed by atoms with Gasteiger partial charge in [0.05, 0.1) is 0 Å². The fourth-order valence-electron chi connectivity index (χ4n) is 2.51. The summed E-state index contributed by atoms with van der Waals surface area (Å²) in [5.41, 5.74) is 0.844. The van der Waals surface area contributed by atoms with Gasteiger partial charge in [-0.1, -0.05) is 18.2 Å². The van der Waals surface area contributed by atoms with Crippen molar-refractivity contribution in [2.75, 3.05) is 13.2 Å². The highest BCUT2D eigenvalue weighted by Gasteiger charge is 2.46. The Balaban J connectivity index is 2.00. The summed E-state index contributed by atoms with van der Waals surface area (Å²) in [7, 11) is 0.